The number of urea groups is 1. The number of benzene rings is 1. The van der Waals surface area contributed by atoms with Gasteiger partial charge in [0.25, 0.3) is 5.91 Å². The number of carbonyl (C=O) groups is 2. The summed E-state index contributed by atoms with van der Waals surface area (Å²) < 4.78 is 38.1. The number of carbonyl (C=O) groups excluding carboxylic acids is 2. The number of imide groups is 1. The number of rotatable bonds is 4. The molecular formula is C12H12F3N5O3. The third-order valence-corrected chi connectivity index (χ3v) is 2.65. The maximum Gasteiger partial charge on any atom is 0.416 e. The Morgan fingerprint density at radius 2 is 2.09 bits per heavy atom. The highest BCUT2D eigenvalue weighted by Gasteiger charge is 2.31. The predicted molar refractivity (Wildman–Crippen MR) is 71.2 cm³/mol. The second-order valence-electron chi connectivity index (χ2n) is 4.34. The largest absolute Gasteiger partial charge is 0.416 e. The molecule has 0 bridgehead atoms. The Morgan fingerprint density at radius 3 is 2.74 bits per heavy atom. The molecule has 3 amide bonds. The quantitative estimate of drug-likeness (QED) is 0.860. The number of aromatic nitrogens is 3. The number of halogens is 3. The molecule has 0 aliphatic carbocycles. The van der Waals surface area contributed by atoms with E-state index in [2.05, 4.69) is 15.6 Å². The number of alkyl halides is 3. The summed E-state index contributed by atoms with van der Waals surface area (Å²) in [6, 6.07) is 2.10. The molecule has 2 aromatic rings. The van der Waals surface area contributed by atoms with Crippen LogP contribution in [0.25, 0.3) is 11.0 Å². The lowest BCUT2D eigenvalue weighted by Crippen LogP contribution is -2.42. The van der Waals surface area contributed by atoms with E-state index in [1.54, 1.807) is 6.92 Å². The van der Waals surface area contributed by atoms with Gasteiger partial charge in [0.2, 0.25) is 0 Å². The number of nitrogens with zero attached hydrogens (tertiary/aromatic N) is 3. The van der Waals surface area contributed by atoms with Crippen LogP contribution in [0.15, 0.2) is 18.2 Å². The van der Waals surface area contributed by atoms with Crippen LogP contribution in [0.3, 0.4) is 0 Å². The molecule has 0 saturated carbocycles. The van der Waals surface area contributed by atoms with Gasteiger partial charge in [-0.05, 0) is 30.3 Å². The minimum absolute atomic E-state index is 0.0503. The third kappa shape index (κ3) is 4.08. The first-order valence-corrected chi connectivity index (χ1v) is 6.45. The molecule has 0 fully saturated rings. The average Bonchev–Trinajstić information content (AvgIpc) is 2.86. The van der Waals surface area contributed by atoms with Crippen LogP contribution in [-0.4, -0.2) is 40.2 Å². The Balaban J connectivity index is 2.08. The zero-order valence-corrected chi connectivity index (χ0v) is 11.8. The molecule has 0 aliphatic rings. The second-order valence-corrected chi connectivity index (χ2v) is 4.34. The summed E-state index contributed by atoms with van der Waals surface area (Å²) in [5.74, 6) is -0.786. The Labute approximate surface area is 127 Å². The number of hydrogen-bond donors (Lipinski definition) is 2. The van der Waals surface area contributed by atoms with Crippen LogP contribution < -0.4 is 15.5 Å². The minimum Gasteiger partial charge on any atom is -0.385 e. The van der Waals surface area contributed by atoms with Crippen molar-refractivity contribution in [3.63, 3.8) is 0 Å². The van der Waals surface area contributed by atoms with E-state index in [1.165, 1.54) is 0 Å². The molecule has 11 heteroatoms. The van der Waals surface area contributed by atoms with Crippen molar-refractivity contribution >= 4 is 23.0 Å². The van der Waals surface area contributed by atoms with Crippen LogP contribution in [0, 0.1) is 0 Å². The molecule has 1 aromatic carbocycles. The van der Waals surface area contributed by atoms with Crippen LogP contribution in [0.1, 0.15) is 12.5 Å². The molecule has 0 saturated heterocycles. The van der Waals surface area contributed by atoms with E-state index in [-0.39, 0.29) is 11.0 Å². The first kappa shape index (κ1) is 16.5. The van der Waals surface area contributed by atoms with Crippen molar-refractivity contribution in [1.82, 2.24) is 25.8 Å². The fourth-order valence-corrected chi connectivity index (χ4v) is 1.66. The van der Waals surface area contributed by atoms with E-state index in [4.69, 9.17) is 4.84 Å². The molecule has 0 atom stereocenters. The van der Waals surface area contributed by atoms with Crippen molar-refractivity contribution in [2.45, 2.75) is 13.1 Å². The lowest BCUT2D eigenvalue weighted by atomic mass is 10.2. The van der Waals surface area contributed by atoms with Crippen molar-refractivity contribution in [1.29, 1.82) is 0 Å². The molecule has 2 rings (SSSR count). The SMILES string of the molecule is CCNC(=O)NC(=O)COn1nnc2ccc(C(F)(F)F)cc21. The number of hydrogen-bond acceptors (Lipinski definition) is 5. The van der Waals surface area contributed by atoms with Gasteiger partial charge in [-0.1, -0.05) is 4.85 Å². The van der Waals surface area contributed by atoms with E-state index in [0.29, 0.717) is 11.4 Å². The van der Waals surface area contributed by atoms with Gasteiger partial charge in [0, 0.05) is 6.54 Å². The predicted octanol–water partition coefficient (Wildman–Crippen LogP) is 0.724. The van der Waals surface area contributed by atoms with Crippen LogP contribution in [0.2, 0.25) is 0 Å². The van der Waals surface area contributed by atoms with Crippen LogP contribution in [0.5, 0.6) is 0 Å². The Morgan fingerprint density at radius 1 is 1.35 bits per heavy atom. The molecule has 0 spiro atoms. The number of amides is 3. The maximum atomic E-state index is 12.7. The Bertz CT molecular complexity index is 728. The Kier molecular flexibility index (Phi) is 4.67. The van der Waals surface area contributed by atoms with Gasteiger partial charge < -0.3 is 10.2 Å². The fourth-order valence-electron chi connectivity index (χ4n) is 1.66. The summed E-state index contributed by atoms with van der Waals surface area (Å²) >= 11 is 0. The molecule has 8 nitrogen and oxygen atoms in total. The lowest BCUT2D eigenvalue weighted by Gasteiger charge is -2.08. The van der Waals surface area contributed by atoms with E-state index >= 15 is 0 Å². The van der Waals surface area contributed by atoms with E-state index in [0.717, 1.165) is 18.2 Å². The second kappa shape index (κ2) is 6.50. The van der Waals surface area contributed by atoms with Gasteiger partial charge in [-0.15, -0.1) is 5.10 Å². The smallest absolute Gasteiger partial charge is 0.385 e. The van der Waals surface area contributed by atoms with Gasteiger partial charge in [-0.25, -0.2) is 4.79 Å². The molecule has 2 N–H and O–H groups in total. The van der Waals surface area contributed by atoms with Crippen molar-refractivity contribution < 1.29 is 27.6 Å². The normalized spacial score (nSPS) is 11.3. The van der Waals surface area contributed by atoms with Gasteiger partial charge in [-0.3, -0.25) is 10.1 Å². The zero-order valence-electron chi connectivity index (χ0n) is 11.8. The van der Waals surface area contributed by atoms with Crippen molar-refractivity contribution in [3.8, 4) is 0 Å². The Hall–Kier alpha value is -2.85. The van der Waals surface area contributed by atoms with Crippen molar-refractivity contribution in [2.24, 2.45) is 0 Å². The molecule has 0 radical (unpaired) electrons. The van der Waals surface area contributed by atoms with E-state index < -0.39 is 30.3 Å². The maximum absolute atomic E-state index is 12.7. The number of nitrogens with one attached hydrogen (secondary N) is 2. The third-order valence-electron chi connectivity index (χ3n) is 2.65. The van der Waals surface area contributed by atoms with Gasteiger partial charge in [0.15, 0.2) is 6.61 Å². The zero-order chi connectivity index (χ0) is 17.0. The molecule has 0 unspecified atom stereocenters. The summed E-state index contributed by atoms with van der Waals surface area (Å²) in [6.07, 6.45) is -4.53. The first-order valence-electron chi connectivity index (χ1n) is 6.45. The average molecular weight is 331 g/mol. The molecule has 23 heavy (non-hydrogen) atoms. The van der Waals surface area contributed by atoms with E-state index in [9.17, 15) is 22.8 Å². The molecule has 124 valence electrons. The van der Waals surface area contributed by atoms with E-state index in [1.807, 2.05) is 5.32 Å². The summed E-state index contributed by atoms with van der Waals surface area (Å²) in [5.41, 5.74) is -0.781. The fraction of sp³-hybridized carbons (Fsp3) is 0.333. The summed E-state index contributed by atoms with van der Waals surface area (Å²) in [4.78, 5) is 28.2. The highest BCUT2D eigenvalue weighted by atomic mass is 19.4. The molecular weight excluding hydrogens is 319 g/mol. The lowest BCUT2D eigenvalue weighted by molar-refractivity contribution is -0.137. The van der Waals surface area contributed by atoms with Crippen molar-refractivity contribution in [3.05, 3.63) is 23.8 Å². The van der Waals surface area contributed by atoms with Gasteiger partial charge >= 0.3 is 12.2 Å². The van der Waals surface area contributed by atoms with Crippen LogP contribution in [-0.2, 0) is 11.0 Å². The first-order chi connectivity index (χ1) is 10.8. The highest BCUT2D eigenvalue weighted by molar-refractivity contribution is 5.94. The van der Waals surface area contributed by atoms with Gasteiger partial charge in [-0.2, -0.15) is 13.2 Å². The topological polar surface area (TPSA) is 98.1 Å². The standard InChI is InChI=1S/C12H12F3N5O3/c1-2-16-11(22)17-10(21)6-23-20-9-5-7(12(13,14)15)3-4-8(9)18-19-20/h3-5H,2,6H2,1H3,(H2,16,17,21,22). The summed E-state index contributed by atoms with van der Waals surface area (Å²) in [7, 11) is 0. The minimum atomic E-state index is -4.53. The number of fused-ring (bicyclic) bond motifs is 1. The van der Waals surface area contributed by atoms with Gasteiger partial charge in [0.1, 0.15) is 11.0 Å². The van der Waals surface area contributed by atoms with Crippen molar-refractivity contribution in [2.75, 3.05) is 13.2 Å². The highest BCUT2D eigenvalue weighted by Crippen LogP contribution is 2.30. The molecule has 1 heterocycles. The summed E-state index contributed by atoms with van der Waals surface area (Å²) in [5, 5.41) is 11.4. The molecule has 0 aliphatic heterocycles. The van der Waals surface area contributed by atoms with Gasteiger partial charge in [0.05, 0.1) is 5.56 Å². The van der Waals surface area contributed by atoms with Crippen LogP contribution >= 0.6 is 0 Å². The van der Waals surface area contributed by atoms with Crippen LogP contribution in [0.4, 0.5) is 18.0 Å². The summed E-state index contributed by atoms with van der Waals surface area (Å²) in [6.45, 7) is 1.38. The molecule has 1 aromatic heterocycles. The monoisotopic (exact) mass is 331 g/mol.